The number of hydrogen-bond acceptors (Lipinski definition) is 7. The molecule has 3 heterocycles. The molecule has 1 saturated heterocycles. The number of alkyl halides is 2. The average Bonchev–Trinajstić information content (AvgIpc) is 2.87. The lowest BCUT2D eigenvalue weighted by molar-refractivity contribution is -0.109. The van der Waals surface area contributed by atoms with Crippen molar-refractivity contribution in [2.45, 2.75) is 58.0 Å². The zero-order valence-corrected chi connectivity index (χ0v) is 21.0. The van der Waals surface area contributed by atoms with Crippen LogP contribution in [0.15, 0.2) is 36.5 Å². The van der Waals surface area contributed by atoms with Gasteiger partial charge in [0, 0.05) is 17.7 Å². The van der Waals surface area contributed by atoms with Crippen molar-refractivity contribution in [3.8, 4) is 23.1 Å². The van der Waals surface area contributed by atoms with E-state index >= 15 is 0 Å². The summed E-state index contributed by atoms with van der Waals surface area (Å²) in [7, 11) is 0. The molecule has 3 aromatic rings. The van der Waals surface area contributed by atoms with Gasteiger partial charge in [-0.2, -0.15) is 5.26 Å². The molecule has 7 nitrogen and oxygen atoms in total. The van der Waals surface area contributed by atoms with Crippen molar-refractivity contribution >= 4 is 11.8 Å². The average molecular weight is 511 g/mol. The van der Waals surface area contributed by atoms with Gasteiger partial charge in [0.15, 0.2) is 11.9 Å². The Kier molecular flexibility index (Phi) is 7.93. The molecule has 10 heteroatoms. The molecular formula is C27H29F3N6O. The lowest BCUT2D eigenvalue weighted by atomic mass is 9.95. The van der Waals surface area contributed by atoms with E-state index in [0.29, 0.717) is 18.3 Å². The zero-order valence-electron chi connectivity index (χ0n) is 21.0. The van der Waals surface area contributed by atoms with E-state index in [1.807, 2.05) is 25.1 Å². The van der Waals surface area contributed by atoms with Gasteiger partial charge < -0.3 is 15.4 Å². The van der Waals surface area contributed by atoms with Crippen molar-refractivity contribution in [1.82, 2.24) is 20.3 Å². The summed E-state index contributed by atoms with van der Waals surface area (Å²) in [6.07, 6.45) is 1.92. The number of rotatable bonds is 8. The third-order valence-corrected chi connectivity index (χ3v) is 6.42. The van der Waals surface area contributed by atoms with E-state index in [0.717, 1.165) is 24.7 Å². The van der Waals surface area contributed by atoms with Crippen LogP contribution in [0.3, 0.4) is 0 Å². The molecule has 0 amide bonds. The maximum Gasteiger partial charge on any atom is 0.296 e. The second-order valence-electron chi connectivity index (χ2n) is 9.23. The Morgan fingerprint density at radius 3 is 2.78 bits per heavy atom. The summed E-state index contributed by atoms with van der Waals surface area (Å²) < 4.78 is 48.6. The van der Waals surface area contributed by atoms with Crippen molar-refractivity contribution in [3.63, 3.8) is 0 Å². The Bertz CT molecular complexity index is 1310. The highest BCUT2D eigenvalue weighted by Gasteiger charge is 2.43. The summed E-state index contributed by atoms with van der Waals surface area (Å²) in [5.74, 6) is -2.70. The molecule has 1 aliphatic heterocycles. The van der Waals surface area contributed by atoms with Crippen molar-refractivity contribution in [1.29, 1.82) is 5.26 Å². The first-order chi connectivity index (χ1) is 17.7. The first kappa shape index (κ1) is 26.4. The molecule has 0 saturated carbocycles. The van der Waals surface area contributed by atoms with Gasteiger partial charge in [0.2, 0.25) is 5.95 Å². The van der Waals surface area contributed by atoms with Gasteiger partial charge in [-0.05, 0) is 55.6 Å². The Hall–Kier alpha value is -3.71. The number of ether oxygens (including phenoxy) is 1. The summed E-state index contributed by atoms with van der Waals surface area (Å²) in [4.78, 5) is 12.9. The number of aryl methyl sites for hydroxylation is 1. The summed E-state index contributed by atoms with van der Waals surface area (Å²) >= 11 is 0. The van der Waals surface area contributed by atoms with E-state index in [4.69, 9.17) is 4.74 Å². The summed E-state index contributed by atoms with van der Waals surface area (Å²) in [6.45, 7) is 6.15. The number of anilines is 2. The van der Waals surface area contributed by atoms with Gasteiger partial charge in [0.25, 0.3) is 5.92 Å². The molecule has 1 aliphatic rings. The Morgan fingerprint density at radius 1 is 1.27 bits per heavy atom. The maximum absolute atomic E-state index is 14.7. The van der Waals surface area contributed by atoms with Gasteiger partial charge in [0.05, 0.1) is 18.3 Å². The predicted molar refractivity (Wildman–Crippen MR) is 135 cm³/mol. The number of benzene rings is 1. The van der Waals surface area contributed by atoms with Crippen LogP contribution >= 0.6 is 0 Å². The molecule has 4 rings (SSSR count). The number of hydrogen-bond donors (Lipinski definition) is 2. The lowest BCUT2D eigenvalue weighted by Gasteiger charge is -2.32. The van der Waals surface area contributed by atoms with Crippen molar-refractivity contribution < 1.29 is 17.9 Å². The molecule has 37 heavy (non-hydrogen) atoms. The summed E-state index contributed by atoms with van der Waals surface area (Å²) in [5.41, 5.74) is 2.31. The van der Waals surface area contributed by atoms with Crippen LogP contribution in [0.4, 0.5) is 24.9 Å². The van der Waals surface area contributed by atoms with Gasteiger partial charge in [-0.25, -0.2) is 28.1 Å². The van der Waals surface area contributed by atoms with Crippen molar-refractivity contribution in [2.24, 2.45) is 0 Å². The number of nitrogens with zero attached hydrogens (tertiary/aromatic N) is 4. The Balaban J connectivity index is 1.57. The second kappa shape index (κ2) is 11.1. The number of nitrogens with one attached hydrogen (secondary N) is 2. The van der Waals surface area contributed by atoms with Crippen LogP contribution < -0.4 is 15.4 Å². The molecule has 2 unspecified atom stereocenters. The molecule has 0 bridgehead atoms. The molecule has 2 N–H and O–H groups in total. The molecule has 1 fully saturated rings. The van der Waals surface area contributed by atoms with Gasteiger partial charge >= 0.3 is 0 Å². The van der Waals surface area contributed by atoms with Crippen LogP contribution in [0, 0.1) is 24.1 Å². The van der Waals surface area contributed by atoms with Crippen LogP contribution in [0.2, 0.25) is 0 Å². The van der Waals surface area contributed by atoms with Crippen LogP contribution in [0.5, 0.6) is 5.75 Å². The normalized spacial score (nSPS) is 17.6. The molecule has 1 aromatic carbocycles. The highest BCUT2D eigenvalue weighted by atomic mass is 19.3. The minimum absolute atomic E-state index is 0.00781. The van der Waals surface area contributed by atoms with E-state index in [1.165, 1.54) is 23.8 Å². The number of nitriles is 1. The zero-order chi connectivity index (χ0) is 26.6. The van der Waals surface area contributed by atoms with Gasteiger partial charge in [-0.3, -0.25) is 0 Å². The molecule has 0 radical (unpaired) electrons. The molecule has 0 spiro atoms. The minimum atomic E-state index is -3.07. The monoisotopic (exact) mass is 510 g/mol. The highest BCUT2D eigenvalue weighted by Crippen LogP contribution is 2.32. The fourth-order valence-electron chi connectivity index (χ4n) is 4.47. The quantitative estimate of drug-likeness (QED) is 0.391. The van der Waals surface area contributed by atoms with E-state index in [9.17, 15) is 18.4 Å². The fourth-order valence-corrected chi connectivity index (χ4v) is 4.47. The van der Waals surface area contributed by atoms with Crippen molar-refractivity contribution in [3.05, 3.63) is 59.2 Å². The van der Waals surface area contributed by atoms with Gasteiger partial charge in [-0.15, -0.1) is 0 Å². The minimum Gasteiger partial charge on any atom is -0.483 e. The van der Waals surface area contributed by atoms with Crippen LogP contribution in [0.25, 0.3) is 11.3 Å². The van der Waals surface area contributed by atoms with Crippen LogP contribution in [-0.2, 0) is 0 Å². The third kappa shape index (κ3) is 6.00. The topological polar surface area (TPSA) is 95.8 Å². The van der Waals surface area contributed by atoms with E-state index < -0.39 is 24.4 Å². The van der Waals surface area contributed by atoms with E-state index in [2.05, 4.69) is 39.4 Å². The SMILES string of the molecule is CCCC(C)c1ccc(Nc2ncc(F)c(-c3ccc(OC4CCNCC4(F)F)c(C#N)c3)n2)nc1C. The summed E-state index contributed by atoms with van der Waals surface area (Å²) in [5, 5.41) is 15.2. The number of piperidine rings is 1. The number of halogens is 3. The molecule has 2 aromatic heterocycles. The summed E-state index contributed by atoms with van der Waals surface area (Å²) in [6, 6.07) is 10.0. The maximum atomic E-state index is 14.7. The van der Waals surface area contributed by atoms with E-state index in [1.54, 1.807) is 0 Å². The largest absolute Gasteiger partial charge is 0.483 e. The Labute approximate surface area is 214 Å². The standard InChI is InChI=1S/C27H29F3N6O/c1-4-5-16(2)20-7-9-24(34-17(20)3)35-26-33-14-21(28)25(36-26)18-6-8-22(19(12-18)13-31)37-23-10-11-32-15-27(23,29)30/h6-9,12,14,16,23,32H,4-5,10-11,15H2,1-3H3,(H,33,34,35,36). The Morgan fingerprint density at radius 2 is 2.08 bits per heavy atom. The lowest BCUT2D eigenvalue weighted by Crippen LogP contribution is -2.52. The number of pyridine rings is 1. The third-order valence-electron chi connectivity index (χ3n) is 6.42. The number of aromatic nitrogens is 3. The first-order valence-electron chi connectivity index (χ1n) is 12.3. The smallest absolute Gasteiger partial charge is 0.296 e. The second-order valence-corrected chi connectivity index (χ2v) is 9.23. The van der Waals surface area contributed by atoms with Gasteiger partial charge in [-0.1, -0.05) is 26.3 Å². The van der Waals surface area contributed by atoms with Crippen LogP contribution in [-0.4, -0.2) is 40.1 Å². The predicted octanol–water partition coefficient (Wildman–Crippen LogP) is 5.88. The highest BCUT2D eigenvalue weighted by molar-refractivity contribution is 5.66. The first-order valence-corrected chi connectivity index (χ1v) is 12.3. The fraction of sp³-hybridized carbons (Fsp3) is 0.407. The molecule has 0 aliphatic carbocycles. The van der Waals surface area contributed by atoms with E-state index in [-0.39, 0.29) is 34.9 Å². The van der Waals surface area contributed by atoms with Crippen molar-refractivity contribution in [2.75, 3.05) is 18.4 Å². The molecule has 2 atom stereocenters. The van der Waals surface area contributed by atoms with Crippen LogP contribution in [0.1, 0.15) is 55.8 Å². The van der Waals surface area contributed by atoms with Gasteiger partial charge in [0.1, 0.15) is 23.3 Å². The molecule has 194 valence electrons. The molecular weight excluding hydrogens is 481 g/mol.